The first-order chi connectivity index (χ1) is 19.2. The molecule has 1 heterocycles. The molecule has 1 aromatic heterocycles. The number of anilines is 1. The van der Waals surface area contributed by atoms with Gasteiger partial charge < -0.3 is 4.90 Å². The van der Waals surface area contributed by atoms with E-state index in [2.05, 4.69) is 59.5 Å². The van der Waals surface area contributed by atoms with Crippen LogP contribution in [-0.2, 0) is 6.54 Å². The summed E-state index contributed by atoms with van der Waals surface area (Å²) in [7, 11) is 0. The van der Waals surface area contributed by atoms with E-state index in [9.17, 15) is 4.79 Å². The zero-order valence-corrected chi connectivity index (χ0v) is 22.8. The van der Waals surface area contributed by atoms with Gasteiger partial charge in [-0.1, -0.05) is 127 Å². The predicted octanol–water partition coefficient (Wildman–Crippen LogP) is 7.40. The smallest absolute Gasteiger partial charge is 0.262 e. The molecule has 0 aliphatic carbocycles. The summed E-state index contributed by atoms with van der Waals surface area (Å²) in [6, 6.07) is 36.7. The van der Waals surface area contributed by atoms with Gasteiger partial charge in [-0.05, 0) is 41.1 Å². The molecule has 0 fully saturated rings. The third kappa shape index (κ3) is 6.75. The van der Waals surface area contributed by atoms with Crippen molar-refractivity contribution in [1.82, 2.24) is 9.55 Å². The number of rotatable bonds is 10. The Hall–Kier alpha value is -4.35. The lowest BCUT2D eigenvalue weighted by Gasteiger charge is -2.22. The summed E-state index contributed by atoms with van der Waals surface area (Å²) in [5.41, 5.74) is 5.08. The first-order valence-electron chi connectivity index (χ1n) is 13.0. The average molecular weight is 530 g/mol. The molecule has 194 valence electrons. The summed E-state index contributed by atoms with van der Waals surface area (Å²) in [4.78, 5) is 20.8. The first kappa shape index (κ1) is 26.3. The van der Waals surface area contributed by atoms with Gasteiger partial charge in [0.2, 0.25) is 0 Å². The van der Waals surface area contributed by atoms with Crippen LogP contribution in [0.2, 0.25) is 0 Å². The Kier molecular flexibility index (Phi) is 8.71. The van der Waals surface area contributed by atoms with E-state index in [-0.39, 0.29) is 5.56 Å². The Labute approximate surface area is 234 Å². The number of nitrogens with zero attached hydrogens (tertiary/aromatic N) is 3. The van der Waals surface area contributed by atoms with Gasteiger partial charge in [-0.3, -0.25) is 9.36 Å². The molecule has 0 saturated heterocycles. The Morgan fingerprint density at radius 3 is 1.90 bits per heavy atom. The molecule has 5 heteroatoms. The topological polar surface area (TPSA) is 38.1 Å². The van der Waals surface area contributed by atoms with E-state index in [4.69, 9.17) is 4.98 Å². The minimum Gasteiger partial charge on any atom is -0.364 e. The highest BCUT2D eigenvalue weighted by Gasteiger charge is 2.13. The fourth-order valence-corrected chi connectivity index (χ4v) is 5.05. The molecular formula is C34H31N3OS. The van der Waals surface area contributed by atoms with Crippen LogP contribution in [0.15, 0.2) is 131 Å². The Morgan fingerprint density at radius 1 is 0.769 bits per heavy atom. The molecular weight excluding hydrogens is 498 g/mol. The van der Waals surface area contributed by atoms with Crippen LogP contribution in [0.3, 0.4) is 0 Å². The number of hydrogen-bond acceptors (Lipinski definition) is 4. The van der Waals surface area contributed by atoms with Gasteiger partial charge in [0.15, 0.2) is 5.16 Å². The molecule has 0 N–H and O–H groups in total. The van der Waals surface area contributed by atoms with Crippen molar-refractivity contribution in [3.05, 3.63) is 148 Å². The normalized spacial score (nSPS) is 11.5. The van der Waals surface area contributed by atoms with Crippen molar-refractivity contribution in [3.8, 4) is 0 Å². The Balaban J connectivity index is 1.48. The van der Waals surface area contributed by atoms with Crippen LogP contribution < -0.4 is 10.5 Å². The minimum atomic E-state index is -0.0188. The van der Waals surface area contributed by atoms with Crippen molar-refractivity contribution in [2.75, 3.05) is 24.2 Å². The molecule has 0 bridgehead atoms. The minimum absolute atomic E-state index is 0.0188. The van der Waals surface area contributed by atoms with Crippen LogP contribution in [0.1, 0.15) is 16.7 Å². The number of benzene rings is 4. The summed E-state index contributed by atoms with van der Waals surface area (Å²) in [6.45, 7) is 1.90. The van der Waals surface area contributed by atoms with E-state index in [1.54, 1.807) is 4.57 Å². The van der Waals surface area contributed by atoms with Gasteiger partial charge in [0.25, 0.3) is 5.56 Å². The third-order valence-electron chi connectivity index (χ3n) is 6.51. The first-order valence-corrected chi connectivity index (χ1v) is 14.2. The summed E-state index contributed by atoms with van der Waals surface area (Å²) >= 11 is 1.50. The van der Waals surface area contributed by atoms with Crippen LogP contribution in [0.25, 0.3) is 23.1 Å². The van der Waals surface area contributed by atoms with Crippen LogP contribution >= 0.6 is 11.8 Å². The molecule has 0 radical (unpaired) electrons. The quantitative estimate of drug-likeness (QED) is 0.140. The summed E-state index contributed by atoms with van der Waals surface area (Å²) in [5, 5.41) is 1.35. The summed E-state index contributed by atoms with van der Waals surface area (Å²) in [5.74, 6) is 0. The molecule has 39 heavy (non-hydrogen) atoms. The zero-order chi connectivity index (χ0) is 26.9. The second-order valence-corrected chi connectivity index (χ2v) is 9.98. The van der Waals surface area contributed by atoms with Gasteiger partial charge in [-0.25, -0.2) is 4.98 Å². The van der Waals surface area contributed by atoms with Crippen LogP contribution in [0.5, 0.6) is 0 Å². The van der Waals surface area contributed by atoms with Gasteiger partial charge in [0, 0.05) is 18.8 Å². The van der Waals surface area contributed by atoms with E-state index in [0.717, 1.165) is 33.1 Å². The number of thioether (sulfide) groups is 1. The van der Waals surface area contributed by atoms with Gasteiger partial charge in [0.1, 0.15) is 0 Å². The van der Waals surface area contributed by atoms with E-state index in [1.165, 1.54) is 11.8 Å². The molecule has 0 aliphatic heterocycles. The molecule has 0 amide bonds. The Bertz CT molecular complexity index is 1580. The van der Waals surface area contributed by atoms with Crippen molar-refractivity contribution >= 4 is 40.5 Å². The molecule has 0 atom stereocenters. The largest absolute Gasteiger partial charge is 0.364 e. The van der Waals surface area contributed by atoms with E-state index in [0.29, 0.717) is 25.0 Å². The van der Waals surface area contributed by atoms with Crippen LogP contribution in [0, 0.1) is 0 Å². The number of hydrogen-bond donors (Lipinski definition) is 0. The lowest BCUT2D eigenvalue weighted by Crippen LogP contribution is -2.26. The van der Waals surface area contributed by atoms with Crippen molar-refractivity contribution in [2.24, 2.45) is 0 Å². The van der Waals surface area contributed by atoms with Gasteiger partial charge in [0.05, 0.1) is 17.4 Å². The van der Waals surface area contributed by atoms with Crippen molar-refractivity contribution < 1.29 is 0 Å². The van der Waals surface area contributed by atoms with Gasteiger partial charge >= 0.3 is 0 Å². The maximum absolute atomic E-state index is 13.7. The fraction of sp³-hybridized carbons (Fsp3) is 0.118. The third-order valence-corrected chi connectivity index (χ3v) is 7.18. The molecule has 4 nitrogen and oxygen atoms in total. The highest BCUT2D eigenvalue weighted by Crippen LogP contribution is 2.22. The average Bonchev–Trinajstić information content (AvgIpc) is 2.99. The lowest BCUT2D eigenvalue weighted by molar-refractivity contribution is 0.659. The fourth-order valence-electron chi connectivity index (χ4n) is 4.49. The summed E-state index contributed by atoms with van der Waals surface area (Å²) in [6.07, 6.45) is 10.6. The zero-order valence-electron chi connectivity index (χ0n) is 22.0. The molecule has 0 unspecified atom stereocenters. The standard InChI is InChI=1S/C34H31N3OS/c1-39-34-35-32-22-21-30(25-31(32)33(38)37(34)26-29-17-9-4-10-18-29)36(23-11-19-27-13-5-2-6-14-27)24-12-20-28-15-7-3-8-16-28/h2-22,25H,23-24,26H2,1H3/b19-11+,20-12+. The SMILES string of the molecule is CSc1nc2ccc(N(C/C=C/c3ccccc3)C/C=C/c3ccccc3)cc2c(=O)n1Cc1ccccc1. The van der Waals surface area contributed by atoms with E-state index >= 15 is 0 Å². The Morgan fingerprint density at radius 2 is 1.33 bits per heavy atom. The highest BCUT2D eigenvalue weighted by atomic mass is 32.2. The molecule has 5 aromatic rings. The van der Waals surface area contributed by atoms with Crippen LogP contribution in [0.4, 0.5) is 5.69 Å². The van der Waals surface area contributed by atoms with Crippen molar-refractivity contribution in [3.63, 3.8) is 0 Å². The molecule has 5 rings (SSSR count). The molecule has 0 aliphatic rings. The summed E-state index contributed by atoms with van der Waals surface area (Å²) < 4.78 is 1.78. The second kappa shape index (κ2) is 12.9. The van der Waals surface area contributed by atoms with Crippen molar-refractivity contribution in [2.45, 2.75) is 11.7 Å². The number of aromatic nitrogens is 2. The van der Waals surface area contributed by atoms with Crippen LogP contribution in [-0.4, -0.2) is 28.9 Å². The van der Waals surface area contributed by atoms with Gasteiger partial charge in [-0.15, -0.1) is 0 Å². The second-order valence-electron chi connectivity index (χ2n) is 9.21. The molecule has 4 aromatic carbocycles. The van der Waals surface area contributed by atoms with E-state index in [1.807, 2.05) is 85.1 Å². The highest BCUT2D eigenvalue weighted by molar-refractivity contribution is 7.98. The molecule has 0 spiro atoms. The van der Waals surface area contributed by atoms with Gasteiger partial charge in [-0.2, -0.15) is 0 Å². The van der Waals surface area contributed by atoms with Crippen molar-refractivity contribution in [1.29, 1.82) is 0 Å². The molecule has 0 saturated carbocycles. The monoisotopic (exact) mass is 529 g/mol. The maximum atomic E-state index is 13.7. The maximum Gasteiger partial charge on any atom is 0.262 e. The number of fused-ring (bicyclic) bond motifs is 1. The predicted molar refractivity (Wildman–Crippen MR) is 166 cm³/mol. The van der Waals surface area contributed by atoms with E-state index < -0.39 is 0 Å². The lowest BCUT2D eigenvalue weighted by atomic mass is 10.1.